The van der Waals surface area contributed by atoms with E-state index in [2.05, 4.69) is 26.8 Å². The van der Waals surface area contributed by atoms with Gasteiger partial charge in [-0.25, -0.2) is 0 Å². The van der Waals surface area contributed by atoms with Gasteiger partial charge in [0.05, 0.1) is 7.11 Å². The Bertz CT molecular complexity index is 532. The second-order valence-electron chi connectivity index (χ2n) is 4.00. The standard InChI is InChI=1S/C13H17N5O/c1-3-18(9-10-4-6-15-7-5-10)11-8-12(19-2)17-13(14)16-11/h4-8H,3,9H2,1-2H3,(H2,14,16,17). The molecule has 2 N–H and O–H groups in total. The molecule has 100 valence electrons. The third-order valence-electron chi connectivity index (χ3n) is 2.74. The van der Waals surface area contributed by atoms with Crippen LogP contribution in [0.4, 0.5) is 11.8 Å². The van der Waals surface area contributed by atoms with Gasteiger partial charge in [0.25, 0.3) is 0 Å². The molecule has 0 aliphatic heterocycles. The summed E-state index contributed by atoms with van der Waals surface area (Å²) in [6.45, 7) is 3.60. The van der Waals surface area contributed by atoms with Gasteiger partial charge >= 0.3 is 0 Å². The molecular weight excluding hydrogens is 242 g/mol. The molecule has 19 heavy (non-hydrogen) atoms. The molecule has 2 rings (SSSR count). The molecular formula is C13H17N5O. The van der Waals surface area contributed by atoms with Crippen LogP contribution in [0, 0.1) is 0 Å². The van der Waals surface area contributed by atoms with E-state index < -0.39 is 0 Å². The van der Waals surface area contributed by atoms with Crippen LogP contribution in [0.25, 0.3) is 0 Å². The average Bonchev–Trinajstić information content (AvgIpc) is 2.45. The molecule has 0 radical (unpaired) electrons. The van der Waals surface area contributed by atoms with Gasteiger partial charge in [0.1, 0.15) is 5.82 Å². The zero-order valence-electron chi connectivity index (χ0n) is 11.1. The molecule has 0 aliphatic rings. The molecule has 0 bridgehead atoms. The Morgan fingerprint density at radius 2 is 2.00 bits per heavy atom. The second-order valence-corrected chi connectivity index (χ2v) is 4.00. The van der Waals surface area contributed by atoms with E-state index in [9.17, 15) is 0 Å². The lowest BCUT2D eigenvalue weighted by molar-refractivity contribution is 0.397. The maximum atomic E-state index is 5.68. The number of rotatable bonds is 5. The quantitative estimate of drug-likeness (QED) is 0.876. The van der Waals surface area contributed by atoms with Gasteiger partial charge in [0.15, 0.2) is 0 Å². The molecule has 0 spiro atoms. The van der Waals surface area contributed by atoms with Crippen molar-refractivity contribution in [3.8, 4) is 5.88 Å². The maximum Gasteiger partial charge on any atom is 0.225 e. The summed E-state index contributed by atoms with van der Waals surface area (Å²) in [4.78, 5) is 14.3. The van der Waals surface area contributed by atoms with E-state index in [1.165, 1.54) is 0 Å². The fourth-order valence-corrected chi connectivity index (χ4v) is 1.76. The van der Waals surface area contributed by atoms with E-state index in [1.807, 2.05) is 12.1 Å². The summed E-state index contributed by atoms with van der Waals surface area (Å²) < 4.78 is 5.11. The highest BCUT2D eigenvalue weighted by atomic mass is 16.5. The van der Waals surface area contributed by atoms with Gasteiger partial charge in [0, 0.05) is 31.5 Å². The summed E-state index contributed by atoms with van der Waals surface area (Å²) in [5, 5.41) is 0. The van der Waals surface area contributed by atoms with E-state index in [0.29, 0.717) is 5.88 Å². The number of hydrogen-bond acceptors (Lipinski definition) is 6. The van der Waals surface area contributed by atoms with Crippen LogP contribution < -0.4 is 15.4 Å². The summed E-state index contributed by atoms with van der Waals surface area (Å²) in [5.74, 6) is 1.43. The van der Waals surface area contributed by atoms with Crippen LogP contribution in [0.3, 0.4) is 0 Å². The number of pyridine rings is 1. The van der Waals surface area contributed by atoms with Crippen molar-refractivity contribution < 1.29 is 4.74 Å². The van der Waals surface area contributed by atoms with Crippen LogP contribution in [0.1, 0.15) is 12.5 Å². The average molecular weight is 259 g/mol. The van der Waals surface area contributed by atoms with E-state index in [-0.39, 0.29) is 5.95 Å². The van der Waals surface area contributed by atoms with Crippen molar-refractivity contribution in [1.29, 1.82) is 0 Å². The number of methoxy groups -OCH3 is 1. The molecule has 6 heteroatoms. The van der Waals surface area contributed by atoms with Crippen LogP contribution in [-0.2, 0) is 6.54 Å². The number of aromatic nitrogens is 3. The first-order valence-corrected chi connectivity index (χ1v) is 6.05. The molecule has 6 nitrogen and oxygen atoms in total. The SMILES string of the molecule is CCN(Cc1ccncc1)c1cc(OC)nc(N)n1. The van der Waals surface area contributed by atoms with Crippen LogP contribution >= 0.6 is 0 Å². The minimum atomic E-state index is 0.211. The topological polar surface area (TPSA) is 77.2 Å². The molecule has 0 aliphatic carbocycles. The number of nitrogens with two attached hydrogens (primary N) is 1. The van der Waals surface area contributed by atoms with Crippen molar-refractivity contribution in [2.24, 2.45) is 0 Å². The maximum absolute atomic E-state index is 5.68. The number of nitrogens with zero attached hydrogens (tertiary/aromatic N) is 4. The van der Waals surface area contributed by atoms with Crippen molar-refractivity contribution >= 4 is 11.8 Å². The summed E-state index contributed by atoms with van der Waals surface area (Å²) in [6.07, 6.45) is 3.55. The summed E-state index contributed by atoms with van der Waals surface area (Å²) in [6, 6.07) is 5.73. The smallest absolute Gasteiger partial charge is 0.225 e. The zero-order chi connectivity index (χ0) is 13.7. The summed E-state index contributed by atoms with van der Waals surface area (Å²) >= 11 is 0. The first-order chi connectivity index (χ1) is 9.22. The lowest BCUT2D eigenvalue weighted by Gasteiger charge is -2.22. The molecule has 0 saturated heterocycles. The lowest BCUT2D eigenvalue weighted by atomic mass is 10.2. The van der Waals surface area contributed by atoms with Gasteiger partial charge < -0.3 is 15.4 Å². The first kappa shape index (κ1) is 13.1. The van der Waals surface area contributed by atoms with Crippen LogP contribution in [0.15, 0.2) is 30.6 Å². The fraction of sp³-hybridized carbons (Fsp3) is 0.308. The third kappa shape index (κ3) is 3.31. The predicted molar refractivity (Wildman–Crippen MR) is 74.0 cm³/mol. The minimum Gasteiger partial charge on any atom is -0.481 e. The molecule has 0 atom stereocenters. The van der Waals surface area contributed by atoms with E-state index >= 15 is 0 Å². The Morgan fingerprint density at radius 1 is 1.26 bits per heavy atom. The monoisotopic (exact) mass is 259 g/mol. The minimum absolute atomic E-state index is 0.211. The molecule has 0 saturated carbocycles. The molecule has 2 heterocycles. The predicted octanol–water partition coefficient (Wildman–Crippen LogP) is 1.49. The molecule has 2 aromatic heterocycles. The van der Waals surface area contributed by atoms with Gasteiger partial charge in [-0.3, -0.25) is 4.98 Å². The molecule has 0 amide bonds. The normalized spacial score (nSPS) is 10.2. The Labute approximate surface area is 112 Å². The van der Waals surface area contributed by atoms with Gasteiger partial charge in [-0.1, -0.05) is 0 Å². The first-order valence-electron chi connectivity index (χ1n) is 6.05. The Hall–Kier alpha value is -2.37. The van der Waals surface area contributed by atoms with Gasteiger partial charge in [-0.05, 0) is 24.6 Å². The summed E-state index contributed by atoms with van der Waals surface area (Å²) in [5.41, 5.74) is 6.84. The molecule has 0 fully saturated rings. The van der Waals surface area contributed by atoms with Gasteiger partial charge in [-0.15, -0.1) is 0 Å². The third-order valence-corrected chi connectivity index (χ3v) is 2.74. The van der Waals surface area contributed by atoms with E-state index in [0.717, 1.165) is 24.5 Å². The van der Waals surface area contributed by atoms with Gasteiger partial charge in [-0.2, -0.15) is 9.97 Å². The fourth-order valence-electron chi connectivity index (χ4n) is 1.76. The molecule has 2 aromatic rings. The van der Waals surface area contributed by atoms with Crippen molar-refractivity contribution in [3.05, 3.63) is 36.2 Å². The number of nitrogen functional groups attached to an aromatic ring is 1. The highest BCUT2D eigenvalue weighted by molar-refractivity contribution is 5.45. The highest BCUT2D eigenvalue weighted by Crippen LogP contribution is 2.19. The number of ether oxygens (including phenoxy) is 1. The largest absolute Gasteiger partial charge is 0.481 e. The summed E-state index contributed by atoms with van der Waals surface area (Å²) in [7, 11) is 1.56. The van der Waals surface area contributed by atoms with Crippen molar-refractivity contribution in [2.45, 2.75) is 13.5 Å². The second kappa shape index (κ2) is 5.99. The molecule has 0 aromatic carbocycles. The number of hydrogen-bond donors (Lipinski definition) is 1. The van der Waals surface area contributed by atoms with Gasteiger partial charge in [0.2, 0.25) is 11.8 Å². The molecule has 0 unspecified atom stereocenters. The van der Waals surface area contributed by atoms with E-state index in [1.54, 1.807) is 25.6 Å². The lowest BCUT2D eigenvalue weighted by Crippen LogP contribution is -2.23. The Morgan fingerprint density at radius 3 is 2.63 bits per heavy atom. The number of anilines is 2. The van der Waals surface area contributed by atoms with Crippen molar-refractivity contribution in [3.63, 3.8) is 0 Å². The van der Waals surface area contributed by atoms with Crippen molar-refractivity contribution in [2.75, 3.05) is 24.3 Å². The zero-order valence-corrected chi connectivity index (χ0v) is 11.1. The Balaban J connectivity index is 2.24. The van der Waals surface area contributed by atoms with Crippen LogP contribution in [0.2, 0.25) is 0 Å². The van der Waals surface area contributed by atoms with Crippen molar-refractivity contribution in [1.82, 2.24) is 15.0 Å². The van der Waals surface area contributed by atoms with Crippen LogP contribution in [0.5, 0.6) is 5.88 Å². The van der Waals surface area contributed by atoms with Crippen LogP contribution in [-0.4, -0.2) is 28.6 Å². The van der Waals surface area contributed by atoms with E-state index in [4.69, 9.17) is 10.5 Å². The Kier molecular flexibility index (Phi) is 4.12. The highest BCUT2D eigenvalue weighted by Gasteiger charge is 2.10.